The number of benzene rings is 1. The van der Waals surface area contributed by atoms with Crippen molar-refractivity contribution in [2.24, 2.45) is 0 Å². The fourth-order valence-corrected chi connectivity index (χ4v) is 4.04. The van der Waals surface area contributed by atoms with Gasteiger partial charge in [-0.25, -0.2) is 0 Å². The molecule has 3 heterocycles. The average molecular weight is 382 g/mol. The standard InChI is InChI=1S/C21H23N3O2S/c1-21(2,3)16-8-6-14(7-9-16)19-22-20(26-23-19)15-11-18(25)24(12-15)13-17-5-4-10-27-17/h4-10,15H,11-13H2,1-3H3. The normalized spacial score (nSPS) is 17.7. The summed E-state index contributed by atoms with van der Waals surface area (Å²) >= 11 is 1.67. The summed E-state index contributed by atoms with van der Waals surface area (Å²) in [4.78, 5) is 20.0. The van der Waals surface area contributed by atoms with Crippen molar-refractivity contribution in [2.75, 3.05) is 6.54 Å². The molecule has 4 rings (SSSR count). The third-order valence-corrected chi connectivity index (χ3v) is 5.80. The van der Waals surface area contributed by atoms with E-state index in [-0.39, 0.29) is 17.2 Å². The molecule has 1 unspecified atom stereocenters. The number of hydrogen-bond acceptors (Lipinski definition) is 5. The molecule has 3 aromatic rings. The Bertz CT molecular complexity index is 923. The van der Waals surface area contributed by atoms with Crippen LogP contribution in [-0.4, -0.2) is 27.5 Å². The predicted molar refractivity (Wildman–Crippen MR) is 106 cm³/mol. The van der Waals surface area contributed by atoms with E-state index < -0.39 is 0 Å². The highest BCUT2D eigenvalue weighted by atomic mass is 32.1. The smallest absolute Gasteiger partial charge is 0.232 e. The molecular formula is C21H23N3O2S. The van der Waals surface area contributed by atoms with Gasteiger partial charge in [-0.05, 0) is 22.4 Å². The molecule has 27 heavy (non-hydrogen) atoms. The van der Waals surface area contributed by atoms with Crippen LogP contribution in [0.25, 0.3) is 11.4 Å². The molecule has 1 aliphatic rings. The Morgan fingerprint density at radius 2 is 2.00 bits per heavy atom. The number of nitrogens with zero attached hydrogens (tertiary/aromatic N) is 3. The number of rotatable bonds is 4. The topological polar surface area (TPSA) is 59.2 Å². The lowest BCUT2D eigenvalue weighted by molar-refractivity contribution is -0.128. The summed E-state index contributed by atoms with van der Waals surface area (Å²) in [5.74, 6) is 1.23. The summed E-state index contributed by atoms with van der Waals surface area (Å²) in [5.41, 5.74) is 2.30. The molecule has 0 aliphatic carbocycles. The van der Waals surface area contributed by atoms with Crippen molar-refractivity contribution in [3.05, 3.63) is 58.1 Å². The van der Waals surface area contributed by atoms with E-state index in [1.807, 2.05) is 28.5 Å². The lowest BCUT2D eigenvalue weighted by Crippen LogP contribution is -2.23. The second-order valence-corrected chi connectivity index (χ2v) is 9.07. The largest absolute Gasteiger partial charge is 0.339 e. The van der Waals surface area contributed by atoms with E-state index in [0.717, 1.165) is 5.56 Å². The molecule has 1 fully saturated rings. The molecule has 5 nitrogen and oxygen atoms in total. The van der Waals surface area contributed by atoms with Crippen LogP contribution in [0.2, 0.25) is 0 Å². The van der Waals surface area contributed by atoms with Crippen LogP contribution in [-0.2, 0) is 16.8 Å². The van der Waals surface area contributed by atoms with Crippen LogP contribution in [0.15, 0.2) is 46.3 Å². The second-order valence-electron chi connectivity index (χ2n) is 8.04. The third kappa shape index (κ3) is 3.81. The van der Waals surface area contributed by atoms with Crippen LogP contribution >= 0.6 is 11.3 Å². The van der Waals surface area contributed by atoms with Crippen molar-refractivity contribution in [3.8, 4) is 11.4 Å². The summed E-state index contributed by atoms with van der Waals surface area (Å²) in [5, 5.41) is 6.17. The highest BCUT2D eigenvalue weighted by Gasteiger charge is 2.34. The van der Waals surface area contributed by atoms with Crippen LogP contribution in [0, 0.1) is 0 Å². The fourth-order valence-electron chi connectivity index (χ4n) is 3.32. The first kappa shape index (κ1) is 17.9. The van der Waals surface area contributed by atoms with Gasteiger partial charge in [0.2, 0.25) is 17.6 Å². The number of amides is 1. The predicted octanol–water partition coefficient (Wildman–Crippen LogP) is 4.61. The number of thiophene rings is 1. The van der Waals surface area contributed by atoms with E-state index in [1.165, 1.54) is 10.4 Å². The van der Waals surface area contributed by atoms with Gasteiger partial charge in [0, 0.05) is 23.4 Å². The average Bonchev–Trinajstić information content (AvgIpc) is 3.37. The second kappa shape index (κ2) is 6.93. The molecule has 0 bridgehead atoms. The molecule has 1 atom stereocenters. The highest BCUT2D eigenvalue weighted by Crippen LogP contribution is 2.31. The summed E-state index contributed by atoms with van der Waals surface area (Å²) in [6.07, 6.45) is 0.427. The van der Waals surface area contributed by atoms with E-state index in [9.17, 15) is 4.79 Å². The first-order valence-electron chi connectivity index (χ1n) is 9.15. The lowest BCUT2D eigenvalue weighted by Gasteiger charge is -2.18. The number of likely N-dealkylation sites (tertiary alicyclic amines) is 1. The summed E-state index contributed by atoms with van der Waals surface area (Å²) in [6.45, 7) is 7.85. The van der Waals surface area contributed by atoms with Gasteiger partial charge in [-0.2, -0.15) is 4.98 Å². The Balaban J connectivity index is 1.47. The van der Waals surface area contributed by atoms with Crippen molar-refractivity contribution in [1.82, 2.24) is 15.0 Å². The molecule has 6 heteroatoms. The quantitative estimate of drug-likeness (QED) is 0.662. The molecule has 1 saturated heterocycles. The first-order valence-corrected chi connectivity index (χ1v) is 10.0. The molecule has 2 aromatic heterocycles. The number of carbonyl (C=O) groups excluding carboxylic acids is 1. The Kier molecular flexibility index (Phi) is 4.60. The zero-order valence-electron chi connectivity index (χ0n) is 15.8. The van der Waals surface area contributed by atoms with Gasteiger partial charge in [-0.3, -0.25) is 4.79 Å². The SMILES string of the molecule is CC(C)(C)c1ccc(-c2noc(C3CC(=O)N(Cc4cccs4)C3)n2)cc1. The maximum atomic E-state index is 12.3. The molecule has 1 aromatic carbocycles. The van der Waals surface area contributed by atoms with Gasteiger partial charge in [-0.15, -0.1) is 11.3 Å². The molecule has 0 spiro atoms. The van der Waals surface area contributed by atoms with Crippen LogP contribution in [0.4, 0.5) is 0 Å². The minimum absolute atomic E-state index is 0.0347. The van der Waals surface area contributed by atoms with E-state index in [2.05, 4.69) is 49.1 Å². The van der Waals surface area contributed by atoms with Gasteiger partial charge in [0.1, 0.15) is 0 Å². The van der Waals surface area contributed by atoms with E-state index in [0.29, 0.717) is 31.2 Å². The maximum Gasteiger partial charge on any atom is 0.232 e. The third-order valence-electron chi connectivity index (χ3n) is 4.94. The maximum absolute atomic E-state index is 12.3. The van der Waals surface area contributed by atoms with Gasteiger partial charge in [0.15, 0.2) is 0 Å². The highest BCUT2D eigenvalue weighted by molar-refractivity contribution is 7.09. The molecule has 140 valence electrons. The lowest BCUT2D eigenvalue weighted by atomic mass is 9.87. The summed E-state index contributed by atoms with van der Waals surface area (Å²) in [6, 6.07) is 12.3. The van der Waals surface area contributed by atoms with Crippen molar-refractivity contribution in [2.45, 2.75) is 45.1 Å². The number of carbonyl (C=O) groups is 1. The molecule has 0 radical (unpaired) electrons. The Hall–Kier alpha value is -2.47. The van der Waals surface area contributed by atoms with Gasteiger partial charge in [0.25, 0.3) is 0 Å². The Morgan fingerprint density at radius 1 is 1.22 bits per heavy atom. The van der Waals surface area contributed by atoms with Gasteiger partial charge in [0.05, 0.1) is 12.5 Å². The van der Waals surface area contributed by atoms with Crippen LogP contribution in [0.3, 0.4) is 0 Å². The van der Waals surface area contributed by atoms with Crippen LogP contribution in [0.1, 0.15) is 49.4 Å². The summed E-state index contributed by atoms with van der Waals surface area (Å²) < 4.78 is 5.49. The fraction of sp³-hybridized carbons (Fsp3) is 0.381. The van der Waals surface area contributed by atoms with Crippen LogP contribution < -0.4 is 0 Å². The zero-order valence-corrected chi connectivity index (χ0v) is 16.6. The number of aromatic nitrogens is 2. The van der Waals surface area contributed by atoms with Gasteiger partial charge < -0.3 is 9.42 Å². The molecule has 0 N–H and O–H groups in total. The van der Waals surface area contributed by atoms with Crippen LogP contribution in [0.5, 0.6) is 0 Å². The van der Waals surface area contributed by atoms with Gasteiger partial charge in [-0.1, -0.05) is 56.3 Å². The van der Waals surface area contributed by atoms with E-state index in [1.54, 1.807) is 11.3 Å². The minimum atomic E-state index is -0.0347. The first-order chi connectivity index (χ1) is 12.9. The summed E-state index contributed by atoms with van der Waals surface area (Å²) in [7, 11) is 0. The van der Waals surface area contributed by atoms with E-state index in [4.69, 9.17) is 4.52 Å². The monoisotopic (exact) mass is 381 g/mol. The van der Waals surface area contributed by atoms with Gasteiger partial charge >= 0.3 is 0 Å². The van der Waals surface area contributed by atoms with E-state index >= 15 is 0 Å². The molecule has 1 amide bonds. The Labute approximate surface area is 163 Å². The number of hydrogen-bond donors (Lipinski definition) is 0. The molecular weight excluding hydrogens is 358 g/mol. The molecule has 0 saturated carbocycles. The van der Waals surface area contributed by atoms with Crippen molar-refractivity contribution >= 4 is 17.2 Å². The van der Waals surface area contributed by atoms with Crippen molar-refractivity contribution < 1.29 is 9.32 Å². The Morgan fingerprint density at radius 3 is 2.67 bits per heavy atom. The van der Waals surface area contributed by atoms with Crippen molar-refractivity contribution in [3.63, 3.8) is 0 Å². The van der Waals surface area contributed by atoms with Crippen molar-refractivity contribution in [1.29, 1.82) is 0 Å². The molecule has 1 aliphatic heterocycles. The minimum Gasteiger partial charge on any atom is -0.339 e. The zero-order chi connectivity index (χ0) is 19.0.